The maximum atomic E-state index is 6.01. The molecular formula is C15H18N2S. The molecule has 1 atom stereocenters. The second-order valence-electron chi connectivity index (χ2n) is 4.89. The lowest BCUT2D eigenvalue weighted by atomic mass is 10.1. The number of benzene rings is 1. The van der Waals surface area contributed by atoms with Crippen LogP contribution in [0.25, 0.3) is 0 Å². The minimum atomic E-state index is 0.359. The highest BCUT2D eigenvalue weighted by Gasteiger charge is 2.27. The number of nitrogens with zero attached hydrogens (tertiary/aromatic N) is 1. The molecule has 0 saturated heterocycles. The molecule has 2 heterocycles. The van der Waals surface area contributed by atoms with Crippen molar-refractivity contribution in [1.29, 1.82) is 0 Å². The molecule has 0 radical (unpaired) electrons. The zero-order valence-corrected chi connectivity index (χ0v) is 11.4. The first-order chi connectivity index (χ1) is 8.79. The maximum Gasteiger partial charge on any atom is 0.0573 e. The molecule has 3 heteroatoms. The Morgan fingerprint density at radius 2 is 1.89 bits per heavy atom. The van der Waals surface area contributed by atoms with Gasteiger partial charge < -0.3 is 5.73 Å². The molecule has 1 aromatic heterocycles. The van der Waals surface area contributed by atoms with E-state index in [4.69, 9.17) is 5.73 Å². The second-order valence-corrected chi connectivity index (χ2v) is 5.84. The Morgan fingerprint density at radius 3 is 2.39 bits per heavy atom. The Balaban J connectivity index is 1.86. The van der Waals surface area contributed by atoms with Crippen molar-refractivity contribution in [3.8, 4) is 0 Å². The van der Waals surface area contributed by atoms with Crippen LogP contribution in [0.2, 0.25) is 0 Å². The highest BCUT2D eigenvalue weighted by atomic mass is 32.1. The van der Waals surface area contributed by atoms with Crippen LogP contribution in [-0.2, 0) is 13.1 Å². The third-order valence-electron chi connectivity index (χ3n) is 3.73. The first kappa shape index (κ1) is 11.9. The lowest BCUT2D eigenvalue weighted by molar-refractivity contribution is 0.208. The van der Waals surface area contributed by atoms with E-state index in [-0.39, 0.29) is 0 Å². The molecule has 0 fully saturated rings. The monoisotopic (exact) mass is 258 g/mol. The van der Waals surface area contributed by atoms with Crippen molar-refractivity contribution in [1.82, 2.24) is 4.90 Å². The molecule has 1 aliphatic heterocycles. The van der Waals surface area contributed by atoms with Crippen LogP contribution in [0, 0.1) is 6.92 Å². The molecule has 3 rings (SSSR count). The van der Waals surface area contributed by atoms with Crippen LogP contribution in [-0.4, -0.2) is 11.4 Å². The summed E-state index contributed by atoms with van der Waals surface area (Å²) in [7, 11) is 0. The van der Waals surface area contributed by atoms with E-state index in [2.05, 4.69) is 47.5 Å². The Hall–Kier alpha value is -1.16. The molecule has 2 nitrogen and oxygen atoms in total. The number of fused-ring (bicyclic) bond motifs is 1. The minimum absolute atomic E-state index is 0.359. The molecule has 0 spiro atoms. The van der Waals surface area contributed by atoms with Crippen LogP contribution < -0.4 is 5.73 Å². The van der Waals surface area contributed by atoms with Crippen LogP contribution in [0.4, 0.5) is 0 Å². The van der Waals surface area contributed by atoms with Crippen LogP contribution in [0.15, 0.2) is 35.7 Å². The summed E-state index contributed by atoms with van der Waals surface area (Å²) in [6, 6.07) is 11.2. The Bertz CT molecular complexity index is 522. The van der Waals surface area contributed by atoms with Crippen LogP contribution in [0.3, 0.4) is 0 Å². The first-order valence-electron chi connectivity index (χ1n) is 6.34. The maximum absolute atomic E-state index is 6.01. The van der Waals surface area contributed by atoms with Crippen molar-refractivity contribution in [2.45, 2.75) is 26.1 Å². The lowest BCUT2D eigenvalue weighted by Gasteiger charge is -2.26. The third-order valence-corrected chi connectivity index (χ3v) is 4.85. The predicted octanol–water partition coefficient (Wildman–Crippen LogP) is 3.07. The van der Waals surface area contributed by atoms with Gasteiger partial charge in [-0.25, -0.2) is 0 Å². The summed E-state index contributed by atoms with van der Waals surface area (Å²) in [5, 5.41) is 2.16. The number of hydrogen-bond donors (Lipinski definition) is 1. The fraction of sp³-hybridized carbons (Fsp3) is 0.333. The van der Waals surface area contributed by atoms with Gasteiger partial charge in [0.25, 0.3) is 0 Å². The summed E-state index contributed by atoms with van der Waals surface area (Å²) in [4.78, 5) is 3.91. The zero-order chi connectivity index (χ0) is 12.5. The van der Waals surface area contributed by atoms with Gasteiger partial charge in [-0.3, -0.25) is 4.90 Å². The van der Waals surface area contributed by atoms with Gasteiger partial charge in [0.1, 0.15) is 0 Å². The second kappa shape index (κ2) is 4.84. The molecule has 2 aromatic rings. The van der Waals surface area contributed by atoms with Crippen LogP contribution in [0.1, 0.15) is 27.6 Å². The van der Waals surface area contributed by atoms with Crippen LogP contribution >= 0.6 is 11.3 Å². The van der Waals surface area contributed by atoms with E-state index in [1.165, 1.54) is 21.6 Å². The summed E-state index contributed by atoms with van der Waals surface area (Å²) in [6.07, 6.45) is 0. The minimum Gasteiger partial charge on any atom is -0.329 e. The number of aryl methyl sites for hydroxylation is 1. The van der Waals surface area contributed by atoms with E-state index in [0.29, 0.717) is 12.6 Å². The average Bonchev–Trinajstić information content (AvgIpc) is 2.97. The van der Waals surface area contributed by atoms with Gasteiger partial charge in [-0.15, -0.1) is 11.3 Å². The summed E-state index contributed by atoms with van der Waals surface area (Å²) in [5.74, 6) is 0. The van der Waals surface area contributed by atoms with Gasteiger partial charge >= 0.3 is 0 Å². The molecule has 0 bridgehead atoms. The molecule has 0 amide bonds. The predicted molar refractivity (Wildman–Crippen MR) is 76.5 cm³/mol. The summed E-state index contributed by atoms with van der Waals surface area (Å²) in [6.45, 7) is 4.91. The Morgan fingerprint density at radius 1 is 1.22 bits per heavy atom. The van der Waals surface area contributed by atoms with Gasteiger partial charge in [-0.1, -0.05) is 24.3 Å². The van der Waals surface area contributed by atoms with E-state index in [0.717, 1.165) is 13.1 Å². The summed E-state index contributed by atoms with van der Waals surface area (Å²) >= 11 is 1.83. The normalized spacial score (nSPS) is 16.8. The highest BCUT2D eigenvalue weighted by molar-refractivity contribution is 7.10. The van der Waals surface area contributed by atoms with Gasteiger partial charge in [0.2, 0.25) is 0 Å². The molecular weight excluding hydrogens is 240 g/mol. The zero-order valence-electron chi connectivity index (χ0n) is 10.6. The number of hydrogen-bond acceptors (Lipinski definition) is 3. The van der Waals surface area contributed by atoms with E-state index in [1.807, 2.05) is 11.3 Å². The highest BCUT2D eigenvalue weighted by Crippen LogP contribution is 2.34. The molecule has 1 unspecified atom stereocenters. The lowest BCUT2D eigenvalue weighted by Crippen LogP contribution is -2.29. The quantitative estimate of drug-likeness (QED) is 0.916. The van der Waals surface area contributed by atoms with Crippen molar-refractivity contribution < 1.29 is 0 Å². The van der Waals surface area contributed by atoms with E-state index in [9.17, 15) is 0 Å². The van der Waals surface area contributed by atoms with E-state index in [1.54, 1.807) is 0 Å². The van der Waals surface area contributed by atoms with Crippen molar-refractivity contribution in [3.63, 3.8) is 0 Å². The summed E-state index contributed by atoms with van der Waals surface area (Å²) in [5.41, 5.74) is 10.3. The first-order valence-corrected chi connectivity index (χ1v) is 7.22. The van der Waals surface area contributed by atoms with Gasteiger partial charge in [0.05, 0.1) is 6.04 Å². The molecule has 0 saturated carbocycles. The van der Waals surface area contributed by atoms with Gasteiger partial charge in [0.15, 0.2) is 0 Å². The molecule has 0 aliphatic carbocycles. The van der Waals surface area contributed by atoms with Crippen LogP contribution in [0.5, 0.6) is 0 Å². The molecule has 94 valence electrons. The van der Waals surface area contributed by atoms with Crippen molar-refractivity contribution in [2.75, 3.05) is 6.54 Å². The fourth-order valence-corrected chi connectivity index (χ4v) is 3.80. The van der Waals surface area contributed by atoms with Gasteiger partial charge in [0, 0.05) is 24.5 Å². The largest absolute Gasteiger partial charge is 0.329 e. The number of nitrogens with two attached hydrogens (primary N) is 1. The smallest absolute Gasteiger partial charge is 0.0573 e. The Kier molecular flexibility index (Phi) is 3.20. The Labute approximate surface area is 112 Å². The van der Waals surface area contributed by atoms with E-state index < -0.39 is 0 Å². The SMILES string of the molecule is Cc1ccsc1C(CN)N1Cc2ccccc2C1. The average molecular weight is 258 g/mol. The van der Waals surface area contributed by atoms with Crippen molar-refractivity contribution >= 4 is 11.3 Å². The topological polar surface area (TPSA) is 29.3 Å². The third kappa shape index (κ3) is 1.99. The molecule has 1 aliphatic rings. The molecule has 2 N–H and O–H groups in total. The summed E-state index contributed by atoms with van der Waals surface area (Å²) < 4.78 is 0. The fourth-order valence-electron chi connectivity index (χ4n) is 2.73. The van der Waals surface area contributed by atoms with E-state index >= 15 is 0 Å². The number of rotatable bonds is 3. The number of thiophene rings is 1. The van der Waals surface area contributed by atoms with Crippen molar-refractivity contribution in [3.05, 3.63) is 57.3 Å². The van der Waals surface area contributed by atoms with Gasteiger partial charge in [-0.05, 0) is 35.1 Å². The van der Waals surface area contributed by atoms with Gasteiger partial charge in [-0.2, -0.15) is 0 Å². The van der Waals surface area contributed by atoms with Crippen molar-refractivity contribution in [2.24, 2.45) is 5.73 Å². The molecule has 1 aromatic carbocycles. The standard InChI is InChI=1S/C15H18N2S/c1-11-6-7-18-15(11)14(8-16)17-9-12-4-2-3-5-13(12)10-17/h2-7,14H,8-10,16H2,1H3. The molecule has 18 heavy (non-hydrogen) atoms.